The van der Waals surface area contributed by atoms with Gasteiger partial charge in [-0.05, 0) is 31.1 Å². The van der Waals surface area contributed by atoms with Crippen LogP contribution in [0, 0.1) is 11.8 Å². The second kappa shape index (κ2) is 7.54. The number of rotatable bonds is 5. The molecule has 1 fully saturated rings. The lowest BCUT2D eigenvalue weighted by Crippen LogP contribution is -2.28. The molecule has 0 bridgehead atoms. The van der Waals surface area contributed by atoms with Gasteiger partial charge in [-0.1, -0.05) is 41.6 Å². The fraction of sp³-hybridized carbons (Fsp3) is 0.750. The van der Waals surface area contributed by atoms with Gasteiger partial charge in [0, 0.05) is 17.1 Å². The number of allylic oxidation sites excluding steroid dienone is 2. The zero-order valence-electron chi connectivity index (χ0n) is 12.9. The van der Waals surface area contributed by atoms with E-state index < -0.39 is 0 Å². The van der Waals surface area contributed by atoms with Crippen LogP contribution in [0.25, 0.3) is 0 Å². The van der Waals surface area contributed by atoms with E-state index in [1.807, 2.05) is 0 Å². The van der Waals surface area contributed by atoms with Gasteiger partial charge >= 0.3 is 0 Å². The summed E-state index contributed by atoms with van der Waals surface area (Å²) in [5.74, 6) is 1.17. The van der Waals surface area contributed by atoms with Gasteiger partial charge in [0.15, 0.2) is 5.78 Å². The van der Waals surface area contributed by atoms with E-state index in [4.69, 9.17) is 4.84 Å². The van der Waals surface area contributed by atoms with E-state index in [9.17, 15) is 9.59 Å². The highest BCUT2D eigenvalue weighted by atomic mass is 79.9. The molecule has 0 saturated heterocycles. The molecule has 0 N–H and O–H groups in total. The van der Waals surface area contributed by atoms with Crippen molar-refractivity contribution in [1.82, 2.24) is 5.06 Å². The van der Waals surface area contributed by atoms with Crippen molar-refractivity contribution in [3.05, 3.63) is 10.1 Å². The van der Waals surface area contributed by atoms with Gasteiger partial charge in [-0.15, -0.1) is 0 Å². The van der Waals surface area contributed by atoms with Gasteiger partial charge in [0.05, 0.1) is 13.5 Å². The zero-order valence-corrected chi connectivity index (χ0v) is 14.4. The standard InChI is InChI=1S/C16H24BrNO3/c1-18(21-2)16(20)10-15(19)13-8-7-12(9-14(13)17)11-5-3-4-6-11/h11-12H,3-10H2,1-2H3. The van der Waals surface area contributed by atoms with E-state index in [1.165, 1.54) is 39.8 Å². The predicted molar refractivity (Wildman–Crippen MR) is 84.7 cm³/mol. The second-order valence-corrected chi connectivity index (χ2v) is 7.06. The summed E-state index contributed by atoms with van der Waals surface area (Å²) in [6.07, 6.45) is 8.11. The number of ketones is 1. The average molecular weight is 358 g/mol. The van der Waals surface area contributed by atoms with Crippen molar-refractivity contribution in [2.45, 2.75) is 51.4 Å². The van der Waals surface area contributed by atoms with E-state index in [1.54, 1.807) is 0 Å². The highest BCUT2D eigenvalue weighted by molar-refractivity contribution is 9.11. The lowest BCUT2D eigenvalue weighted by molar-refractivity contribution is -0.169. The predicted octanol–water partition coefficient (Wildman–Crippen LogP) is 3.60. The molecule has 0 aliphatic heterocycles. The monoisotopic (exact) mass is 357 g/mol. The third-order valence-electron chi connectivity index (χ3n) is 4.87. The lowest BCUT2D eigenvalue weighted by Gasteiger charge is -2.29. The lowest BCUT2D eigenvalue weighted by atomic mass is 9.79. The molecule has 1 saturated carbocycles. The minimum absolute atomic E-state index is 0.0688. The SMILES string of the molecule is CON(C)C(=O)CC(=O)C1=C(Br)CC(C2CCCC2)CC1. The molecule has 21 heavy (non-hydrogen) atoms. The summed E-state index contributed by atoms with van der Waals surface area (Å²) in [6.45, 7) is 0. The Labute approximate surface area is 135 Å². The van der Waals surface area contributed by atoms with Crippen LogP contribution in [0.3, 0.4) is 0 Å². The summed E-state index contributed by atoms with van der Waals surface area (Å²) in [7, 11) is 2.94. The molecule has 5 heteroatoms. The van der Waals surface area contributed by atoms with E-state index in [2.05, 4.69) is 15.9 Å². The number of halogens is 1. The van der Waals surface area contributed by atoms with Crippen molar-refractivity contribution < 1.29 is 14.4 Å². The highest BCUT2D eigenvalue weighted by Crippen LogP contribution is 2.43. The molecule has 1 atom stereocenters. The number of nitrogens with zero attached hydrogens (tertiary/aromatic N) is 1. The minimum atomic E-state index is -0.298. The molecule has 1 unspecified atom stereocenters. The van der Waals surface area contributed by atoms with Crippen LogP contribution in [0.4, 0.5) is 0 Å². The smallest absolute Gasteiger partial charge is 0.253 e. The maximum atomic E-state index is 12.3. The van der Waals surface area contributed by atoms with Crippen LogP contribution in [0.5, 0.6) is 0 Å². The van der Waals surface area contributed by atoms with Crippen molar-refractivity contribution in [2.75, 3.05) is 14.2 Å². The molecule has 1 amide bonds. The molecule has 0 spiro atoms. The van der Waals surface area contributed by atoms with Gasteiger partial charge in [0.2, 0.25) is 0 Å². The molecule has 2 aliphatic carbocycles. The Kier molecular flexibility index (Phi) is 5.99. The Balaban J connectivity index is 1.95. The van der Waals surface area contributed by atoms with Crippen molar-refractivity contribution in [3.8, 4) is 0 Å². The molecule has 0 heterocycles. The van der Waals surface area contributed by atoms with Crippen LogP contribution in [0.1, 0.15) is 51.4 Å². The van der Waals surface area contributed by atoms with Gasteiger partial charge in [0.25, 0.3) is 5.91 Å². The molecule has 2 rings (SSSR count). The Hall–Kier alpha value is -0.680. The quantitative estimate of drug-likeness (QED) is 0.557. The fourth-order valence-electron chi connectivity index (χ4n) is 3.50. The van der Waals surface area contributed by atoms with Gasteiger partial charge < -0.3 is 0 Å². The van der Waals surface area contributed by atoms with Crippen LogP contribution in [0.2, 0.25) is 0 Å². The number of hydrogen-bond donors (Lipinski definition) is 0. The second-order valence-electron chi connectivity index (χ2n) is 6.10. The molecule has 4 nitrogen and oxygen atoms in total. The molecule has 0 radical (unpaired) electrons. The number of hydroxylamine groups is 2. The van der Waals surface area contributed by atoms with Gasteiger partial charge in [-0.3, -0.25) is 14.4 Å². The van der Waals surface area contributed by atoms with Crippen LogP contribution in [-0.4, -0.2) is 30.9 Å². The highest BCUT2D eigenvalue weighted by Gasteiger charge is 2.31. The van der Waals surface area contributed by atoms with Gasteiger partial charge in [-0.25, -0.2) is 5.06 Å². The fourth-order valence-corrected chi connectivity index (χ4v) is 4.34. The maximum Gasteiger partial charge on any atom is 0.253 e. The zero-order chi connectivity index (χ0) is 15.4. The topological polar surface area (TPSA) is 46.6 Å². The number of Topliss-reactive ketones (excluding diaryl/α,β-unsaturated/α-hetero) is 1. The van der Waals surface area contributed by atoms with Crippen molar-refractivity contribution in [3.63, 3.8) is 0 Å². The molecule has 0 aromatic rings. The van der Waals surface area contributed by atoms with Crippen molar-refractivity contribution in [1.29, 1.82) is 0 Å². The summed E-state index contributed by atoms with van der Waals surface area (Å²) in [5, 5.41) is 1.11. The number of hydrogen-bond acceptors (Lipinski definition) is 3. The third kappa shape index (κ3) is 4.16. The van der Waals surface area contributed by atoms with Crippen LogP contribution >= 0.6 is 15.9 Å². The third-order valence-corrected chi connectivity index (χ3v) is 5.68. The van der Waals surface area contributed by atoms with Crippen molar-refractivity contribution in [2.24, 2.45) is 11.8 Å². The Morgan fingerprint density at radius 1 is 1.24 bits per heavy atom. The number of carbonyl (C=O) groups excluding carboxylic acids is 2. The molecular formula is C16H24BrNO3. The first kappa shape index (κ1) is 16.7. The minimum Gasteiger partial charge on any atom is -0.294 e. The first-order chi connectivity index (χ1) is 10.0. The Bertz CT molecular complexity index is 441. The molecule has 118 valence electrons. The number of amides is 1. The van der Waals surface area contributed by atoms with Crippen LogP contribution in [-0.2, 0) is 14.4 Å². The van der Waals surface area contributed by atoms with Crippen molar-refractivity contribution >= 4 is 27.6 Å². The molecular weight excluding hydrogens is 334 g/mol. The number of carbonyl (C=O) groups is 2. The largest absolute Gasteiger partial charge is 0.294 e. The summed E-state index contributed by atoms with van der Waals surface area (Å²) in [5.41, 5.74) is 0.808. The summed E-state index contributed by atoms with van der Waals surface area (Å²) >= 11 is 3.59. The van der Waals surface area contributed by atoms with Gasteiger partial charge in [0.1, 0.15) is 0 Å². The first-order valence-corrected chi connectivity index (χ1v) is 8.53. The van der Waals surface area contributed by atoms with Gasteiger partial charge in [-0.2, -0.15) is 0 Å². The molecule has 0 aromatic carbocycles. The Morgan fingerprint density at radius 2 is 1.90 bits per heavy atom. The van der Waals surface area contributed by atoms with E-state index in [-0.39, 0.29) is 18.1 Å². The maximum absolute atomic E-state index is 12.3. The average Bonchev–Trinajstić information content (AvgIpc) is 3.00. The Morgan fingerprint density at radius 3 is 2.48 bits per heavy atom. The molecule has 0 aromatic heterocycles. The van der Waals surface area contributed by atoms with E-state index in [0.29, 0.717) is 5.92 Å². The van der Waals surface area contributed by atoms with E-state index in [0.717, 1.165) is 40.3 Å². The normalized spacial score (nSPS) is 23.5. The van der Waals surface area contributed by atoms with E-state index >= 15 is 0 Å². The summed E-state index contributed by atoms with van der Waals surface area (Å²) in [6, 6.07) is 0. The summed E-state index contributed by atoms with van der Waals surface area (Å²) in [4.78, 5) is 28.8. The molecule has 2 aliphatic rings. The first-order valence-electron chi connectivity index (χ1n) is 7.74. The summed E-state index contributed by atoms with van der Waals surface area (Å²) < 4.78 is 1.02. The van der Waals surface area contributed by atoms with Crippen LogP contribution in [0.15, 0.2) is 10.1 Å². The van der Waals surface area contributed by atoms with Crippen LogP contribution < -0.4 is 0 Å².